The van der Waals surface area contributed by atoms with Crippen molar-refractivity contribution < 1.29 is 24.9 Å². The maximum absolute atomic E-state index is 11.6. The number of carbonyl (C=O) groups is 2. The first-order valence-electron chi connectivity index (χ1n) is 10.6. The molecule has 3 N–H and O–H groups in total. The van der Waals surface area contributed by atoms with Gasteiger partial charge in [0.2, 0.25) is 0 Å². The van der Waals surface area contributed by atoms with Gasteiger partial charge in [-0.2, -0.15) is 0 Å². The van der Waals surface area contributed by atoms with Crippen LogP contribution in [0.25, 0.3) is 0 Å². The summed E-state index contributed by atoms with van der Waals surface area (Å²) in [5, 5.41) is 29.5. The lowest BCUT2D eigenvalue weighted by Crippen LogP contribution is -2.28. The van der Waals surface area contributed by atoms with Crippen LogP contribution in [0.2, 0.25) is 0 Å². The third-order valence-electron chi connectivity index (χ3n) is 6.50. The number of aliphatic hydroxyl groups is 1. The van der Waals surface area contributed by atoms with Crippen molar-refractivity contribution >= 4 is 11.9 Å². The molecule has 0 aliphatic heterocycles. The highest BCUT2D eigenvalue weighted by molar-refractivity contribution is 5.70. The third kappa shape index (κ3) is 7.26. The topological polar surface area (TPSA) is 94.8 Å². The lowest BCUT2D eigenvalue weighted by Gasteiger charge is -2.28. The first-order valence-corrected chi connectivity index (χ1v) is 10.6. The molecule has 0 heterocycles. The van der Waals surface area contributed by atoms with Gasteiger partial charge in [0, 0.05) is 0 Å². The van der Waals surface area contributed by atoms with E-state index in [1.54, 1.807) is 0 Å². The van der Waals surface area contributed by atoms with Crippen molar-refractivity contribution in [2.45, 2.75) is 96.0 Å². The maximum Gasteiger partial charge on any atom is 0.306 e. The van der Waals surface area contributed by atoms with Crippen molar-refractivity contribution in [3.63, 3.8) is 0 Å². The number of carboxylic acids is 2. The van der Waals surface area contributed by atoms with Crippen molar-refractivity contribution in [3.8, 4) is 0 Å². The highest BCUT2D eigenvalue weighted by Crippen LogP contribution is 2.33. The van der Waals surface area contributed by atoms with Crippen LogP contribution in [-0.2, 0) is 9.59 Å². The quantitative estimate of drug-likeness (QED) is 0.529. The fraction of sp³-hybridized carbons (Fsp3) is 0.905. The second-order valence-electron chi connectivity index (χ2n) is 8.68. The summed E-state index contributed by atoms with van der Waals surface area (Å²) in [4.78, 5) is 23.2. The molecule has 2 atom stereocenters. The molecule has 5 heteroatoms. The van der Waals surface area contributed by atoms with Crippen LogP contribution in [0.5, 0.6) is 0 Å². The highest BCUT2D eigenvalue weighted by atomic mass is 16.4. The van der Waals surface area contributed by atoms with Crippen molar-refractivity contribution in [1.82, 2.24) is 0 Å². The van der Waals surface area contributed by atoms with Gasteiger partial charge in [-0.3, -0.25) is 9.59 Å². The van der Waals surface area contributed by atoms with Crippen LogP contribution in [0.3, 0.4) is 0 Å². The van der Waals surface area contributed by atoms with E-state index < -0.39 is 29.9 Å². The van der Waals surface area contributed by atoms with Gasteiger partial charge in [-0.15, -0.1) is 0 Å². The fourth-order valence-corrected chi connectivity index (χ4v) is 5.00. The van der Waals surface area contributed by atoms with E-state index in [-0.39, 0.29) is 12.8 Å². The molecule has 0 radical (unpaired) electrons. The Kier molecular flexibility index (Phi) is 8.89. The lowest BCUT2D eigenvalue weighted by molar-refractivity contribution is -0.144. The Labute approximate surface area is 157 Å². The first-order chi connectivity index (χ1) is 12.5. The average molecular weight is 369 g/mol. The Morgan fingerprint density at radius 2 is 1.04 bits per heavy atom. The number of hydrogen-bond donors (Lipinski definition) is 3. The monoisotopic (exact) mass is 368 g/mol. The molecule has 5 nitrogen and oxygen atoms in total. The maximum atomic E-state index is 11.6. The predicted octanol–water partition coefficient (Wildman–Crippen LogP) is 4.47. The van der Waals surface area contributed by atoms with Crippen LogP contribution in [0, 0.1) is 23.7 Å². The molecule has 0 aromatic rings. The zero-order valence-electron chi connectivity index (χ0n) is 15.9. The van der Waals surface area contributed by atoms with Gasteiger partial charge in [0.1, 0.15) is 0 Å². The van der Waals surface area contributed by atoms with E-state index >= 15 is 0 Å². The summed E-state index contributed by atoms with van der Waals surface area (Å²) in [5.41, 5.74) is 0. The molecule has 0 aromatic heterocycles. The molecule has 0 amide bonds. The minimum Gasteiger partial charge on any atom is -0.481 e. The molecule has 2 aliphatic rings. The summed E-state index contributed by atoms with van der Waals surface area (Å²) >= 11 is 0. The average Bonchev–Trinajstić information content (AvgIpc) is 2.62. The van der Waals surface area contributed by atoms with Gasteiger partial charge >= 0.3 is 11.9 Å². The summed E-state index contributed by atoms with van der Waals surface area (Å²) in [7, 11) is 0. The Bertz CT molecular complexity index is 398. The molecule has 2 saturated carbocycles. The summed E-state index contributed by atoms with van der Waals surface area (Å²) in [6.45, 7) is 0. The molecule has 26 heavy (non-hydrogen) atoms. The lowest BCUT2D eigenvalue weighted by atomic mass is 9.79. The Balaban J connectivity index is 1.84. The van der Waals surface area contributed by atoms with Crippen molar-refractivity contribution in [2.24, 2.45) is 23.7 Å². The van der Waals surface area contributed by atoms with Gasteiger partial charge in [-0.25, -0.2) is 0 Å². The van der Waals surface area contributed by atoms with Crippen LogP contribution in [0.15, 0.2) is 0 Å². The molecule has 2 rings (SSSR count). The zero-order valence-corrected chi connectivity index (χ0v) is 15.9. The molecular weight excluding hydrogens is 332 g/mol. The van der Waals surface area contributed by atoms with Gasteiger partial charge in [0.05, 0.1) is 17.9 Å². The SMILES string of the molecule is O=C(O)C(CC(O)CC(CC1CCCCC1)C(=O)O)CC1CCCCC1. The molecule has 0 bridgehead atoms. The van der Waals surface area contributed by atoms with Gasteiger partial charge in [-0.05, 0) is 37.5 Å². The molecule has 150 valence electrons. The minimum atomic E-state index is -0.853. The Hall–Kier alpha value is -1.10. The molecule has 2 fully saturated rings. The summed E-state index contributed by atoms with van der Waals surface area (Å²) in [6.07, 6.45) is 12.2. The number of hydrogen-bond acceptors (Lipinski definition) is 3. The van der Waals surface area contributed by atoms with Crippen LogP contribution in [0.4, 0.5) is 0 Å². The summed E-state index contributed by atoms with van der Waals surface area (Å²) in [6, 6.07) is 0. The Morgan fingerprint density at radius 1 is 0.692 bits per heavy atom. The normalized spacial score (nSPS) is 23.3. The molecule has 2 unspecified atom stereocenters. The van der Waals surface area contributed by atoms with E-state index in [4.69, 9.17) is 0 Å². The van der Waals surface area contributed by atoms with Gasteiger partial charge in [0.25, 0.3) is 0 Å². The van der Waals surface area contributed by atoms with Crippen molar-refractivity contribution in [2.75, 3.05) is 0 Å². The second-order valence-corrected chi connectivity index (χ2v) is 8.68. The van der Waals surface area contributed by atoms with Crippen LogP contribution in [-0.4, -0.2) is 33.4 Å². The van der Waals surface area contributed by atoms with Crippen molar-refractivity contribution in [1.29, 1.82) is 0 Å². The van der Waals surface area contributed by atoms with E-state index in [0.717, 1.165) is 25.7 Å². The standard InChI is InChI=1S/C21H36O5/c22-19(13-17(20(23)24)11-15-7-3-1-4-8-15)14-18(21(25)26)12-16-9-5-2-6-10-16/h15-19,22H,1-14H2,(H,23,24)(H,25,26). The Morgan fingerprint density at radius 3 is 1.35 bits per heavy atom. The molecule has 0 spiro atoms. The number of aliphatic hydroxyl groups excluding tert-OH is 1. The molecular formula is C21H36O5. The van der Waals surface area contributed by atoms with Crippen LogP contribution < -0.4 is 0 Å². The smallest absolute Gasteiger partial charge is 0.306 e. The van der Waals surface area contributed by atoms with Gasteiger partial charge in [-0.1, -0.05) is 64.2 Å². The summed E-state index contributed by atoms with van der Waals surface area (Å²) in [5.74, 6) is -1.94. The van der Waals surface area contributed by atoms with E-state index in [2.05, 4.69) is 0 Å². The van der Waals surface area contributed by atoms with E-state index in [0.29, 0.717) is 24.7 Å². The minimum absolute atomic E-state index is 0.181. The third-order valence-corrected chi connectivity index (χ3v) is 6.50. The summed E-state index contributed by atoms with van der Waals surface area (Å²) < 4.78 is 0. The highest BCUT2D eigenvalue weighted by Gasteiger charge is 2.30. The number of rotatable bonds is 10. The van der Waals surface area contributed by atoms with Crippen LogP contribution in [0.1, 0.15) is 89.9 Å². The van der Waals surface area contributed by atoms with Crippen LogP contribution >= 0.6 is 0 Å². The predicted molar refractivity (Wildman–Crippen MR) is 99.9 cm³/mol. The van der Waals surface area contributed by atoms with E-state index in [1.165, 1.54) is 38.5 Å². The number of aliphatic carboxylic acids is 2. The van der Waals surface area contributed by atoms with E-state index in [9.17, 15) is 24.9 Å². The molecule has 0 aromatic carbocycles. The van der Waals surface area contributed by atoms with E-state index in [1.807, 2.05) is 0 Å². The molecule has 0 saturated heterocycles. The first kappa shape index (κ1) is 21.2. The van der Waals surface area contributed by atoms with Crippen molar-refractivity contribution in [3.05, 3.63) is 0 Å². The molecule has 2 aliphatic carbocycles. The zero-order chi connectivity index (χ0) is 18.9. The second kappa shape index (κ2) is 10.9. The van der Waals surface area contributed by atoms with Gasteiger partial charge in [0.15, 0.2) is 0 Å². The largest absolute Gasteiger partial charge is 0.481 e. The number of carboxylic acid groups (broad SMARTS) is 2. The van der Waals surface area contributed by atoms with Gasteiger partial charge < -0.3 is 15.3 Å². The fourth-order valence-electron chi connectivity index (χ4n) is 5.00.